The van der Waals surface area contributed by atoms with E-state index >= 15 is 0 Å². The van der Waals surface area contributed by atoms with Crippen molar-refractivity contribution in [3.05, 3.63) is 48.8 Å². The van der Waals surface area contributed by atoms with Gasteiger partial charge in [-0.1, -0.05) is 13.0 Å². The number of rotatable bonds is 6. The monoisotopic (exact) mass is 387 g/mol. The molecule has 6 nitrogen and oxygen atoms in total. The minimum absolute atomic E-state index is 0.149. The first-order valence-corrected chi connectivity index (χ1v) is 9.99. The van der Waals surface area contributed by atoms with Gasteiger partial charge in [0.15, 0.2) is 5.96 Å². The van der Waals surface area contributed by atoms with Crippen molar-refractivity contribution in [2.45, 2.75) is 39.3 Å². The van der Waals surface area contributed by atoms with E-state index in [0.29, 0.717) is 24.3 Å². The molecule has 1 aliphatic rings. The molecule has 2 aromatic rings. The molecule has 3 unspecified atom stereocenters. The highest BCUT2D eigenvalue weighted by atomic mass is 19.1. The number of halogens is 1. The normalized spacial score (nSPS) is 21.4. The predicted molar refractivity (Wildman–Crippen MR) is 109 cm³/mol. The SMILES string of the molecule is CCNC(=NCC(C)Oc1cccc(F)c1)N1CCC(C)C(n2ccnc2)C1. The van der Waals surface area contributed by atoms with Crippen LogP contribution >= 0.6 is 0 Å². The number of aromatic nitrogens is 2. The molecule has 28 heavy (non-hydrogen) atoms. The molecular weight excluding hydrogens is 357 g/mol. The number of hydrogen-bond donors (Lipinski definition) is 1. The number of nitrogens with one attached hydrogen (secondary N) is 1. The summed E-state index contributed by atoms with van der Waals surface area (Å²) in [5, 5.41) is 3.40. The summed E-state index contributed by atoms with van der Waals surface area (Å²) in [7, 11) is 0. The van der Waals surface area contributed by atoms with Gasteiger partial charge in [0.25, 0.3) is 0 Å². The van der Waals surface area contributed by atoms with E-state index in [4.69, 9.17) is 9.73 Å². The maximum absolute atomic E-state index is 13.3. The highest BCUT2D eigenvalue weighted by molar-refractivity contribution is 5.80. The van der Waals surface area contributed by atoms with Crippen LogP contribution in [0.1, 0.15) is 33.2 Å². The largest absolute Gasteiger partial charge is 0.489 e. The lowest BCUT2D eigenvalue weighted by Crippen LogP contribution is -2.49. The molecule has 1 aromatic heterocycles. The lowest BCUT2D eigenvalue weighted by Gasteiger charge is -2.39. The summed E-state index contributed by atoms with van der Waals surface area (Å²) in [4.78, 5) is 11.3. The third-order valence-electron chi connectivity index (χ3n) is 5.09. The lowest BCUT2D eigenvalue weighted by molar-refractivity contribution is 0.187. The van der Waals surface area contributed by atoms with E-state index < -0.39 is 0 Å². The highest BCUT2D eigenvalue weighted by Gasteiger charge is 2.28. The van der Waals surface area contributed by atoms with Gasteiger partial charge in [0.1, 0.15) is 17.7 Å². The molecule has 0 radical (unpaired) electrons. The second-order valence-corrected chi connectivity index (χ2v) is 7.37. The highest BCUT2D eigenvalue weighted by Crippen LogP contribution is 2.27. The summed E-state index contributed by atoms with van der Waals surface area (Å²) in [6.45, 7) is 9.48. The van der Waals surface area contributed by atoms with E-state index in [1.54, 1.807) is 12.1 Å². The van der Waals surface area contributed by atoms with Crippen molar-refractivity contribution in [1.82, 2.24) is 19.8 Å². The quantitative estimate of drug-likeness (QED) is 0.610. The standard InChI is InChI=1S/C21H30FN5O/c1-4-24-21(25-13-17(3)28-19-7-5-6-18(22)12-19)26-10-8-16(2)20(14-26)27-11-9-23-15-27/h5-7,9,11-12,15-17,20H,4,8,10,13-14H2,1-3H3,(H,24,25). The number of piperidine rings is 1. The van der Waals surface area contributed by atoms with Gasteiger partial charge in [0.2, 0.25) is 0 Å². The topological polar surface area (TPSA) is 54.7 Å². The summed E-state index contributed by atoms with van der Waals surface area (Å²) in [5.74, 6) is 1.71. The molecule has 1 fully saturated rings. The van der Waals surface area contributed by atoms with Crippen LogP contribution in [0.2, 0.25) is 0 Å². The van der Waals surface area contributed by atoms with Crippen LogP contribution in [-0.4, -0.2) is 52.7 Å². The van der Waals surface area contributed by atoms with Crippen molar-refractivity contribution in [2.75, 3.05) is 26.2 Å². The molecule has 0 aliphatic carbocycles. The summed E-state index contributed by atoms with van der Waals surface area (Å²) >= 11 is 0. The van der Waals surface area contributed by atoms with Crippen LogP contribution in [0.3, 0.4) is 0 Å². The van der Waals surface area contributed by atoms with Gasteiger partial charge in [-0.3, -0.25) is 0 Å². The summed E-state index contributed by atoms with van der Waals surface area (Å²) in [6, 6.07) is 6.59. The van der Waals surface area contributed by atoms with Crippen molar-refractivity contribution in [1.29, 1.82) is 0 Å². The fourth-order valence-electron chi connectivity index (χ4n) is 3.55. The van der Waals surface area contributed by atoms with Gasteiger partial charge in [-0.2, -0.15) is 0 Å². The maximum Gasteiger partial charge on any atom is 0.194 e. The minimum atomic E-state index is -0.297. The molecular formula is C21H30FN5O. The molecule has 7 heteroatoms. The molecule has 0 bridgehead atoms. The average molecular weight is 388 g/mol. The second-order valence-electron chi connectivity index (χ2n) is 7.37. The Labute approximate surface area is 166 Å². The molecule has 0 saturated carbocycles. The van der Waals surface area contributed by atoms with E-state index in [1.165, 1.54) is 12.1 Å². The van der Waals surface area contributed by atoms with Crippen LogP contribution in [0.5, 0.6) is 5.75 Å². The number of ether oxygens (including phenoxy) is 1. The van der Waals surface area contributed by atoms with Crippen LogP contribution < -0.4 is 10.1 Å². The van der Waals surface area contributed by atoms with E-state index in [1.807, 2.05) is 25.6 Å². The molecule has 1 aliphatic heterocycles. The molecule has 0 amide bonds. The zero-order valence-electron chi connectivity index (χ0n) is 16.9. The fourth-order valence-corrected chi connectivity index (χ4v) is 3.55. The lowest BCUT2D eigenvalue weighted by atomic mass is 9.93. The summed E-state index contributed by atoms with van der Waals surface area (Å²) in [6.07, 6.45) is 6.70. The minimum Gasteiger partial charge on any atom is -0.489 e. The van der Waals surface area contributed by atoms with Crippen LogP contribution in [0.4, 0.5) is 4.39 Å². The Morgan fingerprint density at radius 2 is 2.32 bits per heavy atom. The van der Waals surface area contributed by atoms with Gasteiger partial charge in [0, 0.05) is 38.1 Å². The van der Waals surface area contributed by atoms with Crippen molar-refractivity contribution in [3.63, 3.8) is 0 Å². The van der Waals surface area contributed by atoms with Crippen molar-refractivity contribution < 1.29 is 9.13 Å². The first kappa shape index (κ1) is 20.2. The number of benzene rings is 1. The first-order valence-electron chi connectivity index (χ1n) is 9.99. The van der Waals surface area contributed by atoms with E-state index in [0.717, 1.165) is 32.0 Å². The molecule has 0 spiro atoms. The zero-order chi connectivity index (χ0) is 19.9. The Balaban J connectivity index is 1.64. The van der Waals surface area contributed by atoms with Gasteiger partial charge in [-0.05, 0) is 38.3 Å². The van der Waals surface area contributed by atoms with Crippen LogP contribution in [-0.2, 0) is 0 Å². The molecule has 1 saturated heterocycles. The number of imidazole rings is 1. The molecule has 3 rings (SSSR count). The van der Waals surface area contributed by atoms with Crippen molar-refractivity contribution >= 4 is 5.96 Å². The number of aliphatic imine (C=N–C) groups is 1. The van der Waals surface area contributed by atoms with Crippen LogP contribution in [0.25, 0.3) is 0 Å². The Kier molecular flexibility index (Phi) is 6.90. The molecule has 1 aromatic carbocycles. The summed E-state index contributed by atoms with van der Waals surface area (Å²) < 4.78 is 21.3. The van der Waals surface area contributed by atoms with Gasteiger partial charge in [-0.25, -0.2) is 14.4 Å². The van der Waals surface area contributed by atoms with E-state index in [9.17, 15) is 4.39 Å². The number of nitrogens with zero attached hydrogens (tertiary/aromatic N) is 4. The zero-order valence-corrected chi connectivity index (χ0v) is 16.9. The van der Waals surface area contributed by atoms with Gasteiger partial charge < -0.3 is 19.5 Å². The molecule has 3 atom stereocenters. The second kappa shape index (κ2) is 9.57. The molecule has 2 heterocycles. The smallest absolute Gasteiger partial charge is 0.194 e. The Morgan fingerprint density at radius 3 is 3.04 bits per heavy atom. The first-order chi connectivity index (χ1) is 13.6. The average Bonchev–Trinajstić information content (AvgIpc) is 3.20. The third kappa shape index (κ3) is 5.24. The third-order valence-corrected chi connectivity index (χ3v) is 5.09. The van der Waals surface area contributed by atoms with E-state index in [-0.39, 0.29) is 11.9 Å². The maximum atomic E-state index is 13.3. The molecule has 152 valence electrons. The Hall–Kier alpha value is -2.57. The molecule has 1 N–H and O–H groups in total. The van der Waals surface area contributed by atoms with Crippen LogP contribution in [0, 0.1) is 11.7 Å². The Bertz CT molecular complexity index is 764. The van der Waals surface area contributed by atoms with Gasteiger partial charge in [-0.15, -0.1) is 0 Å². The van der Waals surface area contributed by atoms with Gasteiger partial charge >= 0.3 is 0 Å². The van der Waals surface area contributed by atoms with Crippen molar-refractivity contribution in [3.8, 4) is 5.75 Å². The summed E-state index contributed by atoms with van der Waals surface area (Å²) in [5.41, 5.74) is 0. The fraction of sp³-hybridized carbons (Fsp3) is 0.524. The van der Waals surface area contributed by atoms with E-state index in [2.05, 4.69) is 33.6 Å². The predicted octanol–water partition coefficient (Wildman–Crippen LogP) is 3.34. The van der Waals surface area contributed by atoms with Gasteiger partial charge in [0.05, 0.1) is 18.9 Å². The number of hydrogen-bond acceptors (Lipinski definition) is 3. The van der Waals surface area contributed by atoms with Crippen LogP contribution in [0.15, 0.2) is 48.0 Å². The number of guanidine groups is 1. The Morgan fingerprint density at radius 1 is 1.46 bits per heavy atom. The number of likely N-dealkylation sites (tertiary alicyclic amines) is 1. The van der Waals surface area contributed by atoms with Crippen molar-refractivity contribution in [2.24, 2.45) is 10.9 Å².